The standard InChI is InChI=1S/C6H6O3S.C5H8/c7-10(8,9)6-4-2-1-3-5-6;1-3-5-4-2/h1-5H,(H,7,8,9);1H,4-5H2,2H3. The van der Waals surface area contributed by atoms with Gasteiger partial charge in [0.2, 0.25) is 0 Å². The maximum Gasteiger partial charge on any atom is 0.294 e. The average molecular weight is 226 g/mol. The largest absolute Gasteiger partial charge is 0.294 e. The predicted octanol–water partition coefficient (Wildman–Crippen LogP) is 2.35. The smallest absolute Gasteiger partial charge is 0.282 e. The molecule has 0 radical (unpaired) electrons. The molecule has 3 nitrogen and oxygen atoms in total. The molecule has 0 aromatic heterocycles. The summed E-state index contributed by atoms with van der Waals surface area (Å²) in [6, 6.07) is 7.42. The van der Waals surface area contributed by atoms with Crippen molar-refractivity contribution in [2.75, 3.05) is 0 Å². The zero-order valence-electron chi connectivity index (χ0n) is 8.55. The van der Waals surface area contributed by atoms with Crippen LogP contribution in [0.3, 0.4) is 0 Å². The van der Waals surface area contributed by atoms with E-state index in [1.165, 1.54) is 12.1 Å². The van der Waals surface area contributed by atoms with Gasteiger partial charge in [-0.15, -0.1) is 12.3 Å². The Morgan fingerprint density at radius 1 is 1.33 bits per heavy atom. The van der Waals surface area contributed by atoms with Crippen LogP contribution in [0.1, 0.15) is 19.8 Å². The van der Waals surface area contributed by atoms with Crippen molar-refractivity contribution in [1.29, 1.82) is 0 Å². The fourth-order valence-corrected chi connectivity index (χ4v) is 1.24. The molecule has 0 bridgehead atoms. The van der Waals surface area contributed by atoms with E-state index in [9.17, 15) is 8.42 Å². The molecular weight excluding hydrogens is 212 g/mol. The van der Waals surface area contributed by atoms with Crippen molar-refractivity contribution < 1.29 is 13.0 Å². The van der Waals surface area contributed by atoms with E-state index >= 15 is 0 Å². The second kappa shape index (κ2) is 7.04. The van der Waals surface area contributed by atoms with Crippen molar-refractivity contribution in [3.63, 3.8) is 0 Å². The molecule has 0 amide bonds. The fourth-order valence-electron chi connectivity index (χ4n) is 0.737. The van der Waals surface area contributed by atoms with Crippen LogP contribution in [0.15, 0.2) is 35.2 Å². The van der Waals surface area contributed by atoms with Crippen molar-refractivity contribution in [1.82, 2.24) is 0 Å². The first-order chi connectivity index (χ1) is 7.02. The second-order valence-electron chi connectivity index (χ2n) is 2.74. The summed E-state index contributed by atoms with van der Waals surface area (Å²) in [5.41, 5.74) is 0. The summed E-state index contributed by atoms with van der Waals surface area (Å²) < 4.78 is 29.2. The van der Waals surface area contributed by atoms with E-state index in [1.807, 2.05) is 0 Å². The van der Waals surface area contributed by atoms with Gasteiger partial charge in [0.25, 0.3) is 10.1 Å². The highest BCUT2D eigenvalue weighted by Crippen LogP contribution is 2.05. The van der Waals surface area contributed by atoms with Crippen molar-refractivity contribution >= 4 is 10.1 Å². The number of benzene rings is 1. The summed E-state index contributed by atoms with van der Waals surface area (Å²) in [5, 5.41) is 0. The minimum atomic E-state index is -4.00. The SMILES string of the molecule is C#CCCC.O=S(=O)(O)c1ccccc1. The first-order valence-electron chi connectivity index (χ1n) is 4.48. The molecule has 1 rings (SSSR count). The van der Waals surface area contributed by atoms with E-state index in [4.69, 9.17) is 11.0 Å². The topological polar surface area (TPSA) is 54.4 Å². The van der Waals surface area contributed by atoms with Gasteiger partial charge in [-0.3, -0.25) is 4.55 Å². The van der Waals surface area contributed by atoms with Gasteiger partial charge >= 0.3 is 0 Å². The molecule has 1 aromatic rings. The van der Waals surface area contributed by atoms with Gasteiger partial charge in [-0.1, -0.05) is 25.1 Å². The summed E-state index contributed by atoms with van der Waals surface area (Å²) in [5.74, 6) is 2.52. The predicted molar refractivity (Wildman–Crippen MR) is 60.0 cm³/mol. The number of terminal acetylenes is 1. The maximum atomic E-state index is 10.4. The molecular formula is C11H14O3S. The summed E-state index contributed by atoms with van der Waals surface area (Å²) in [7, 11) is -4.00. The van der Waals surface area contributed by atoms with Gasteiger partial charge < -0.3 is 0 Å². The molecule has 0 fully saturated rings. The van der Waals surface area contributed by atoms with Crippen LogP contribution in [0.5, 0.6) is 0 Å². The number of rotatable bonds is 2. The van der Waals surface area contributed by atoms with Gasteiger partial charge in [0, 0.05) is 6.42 Å². The Hall–Kier alpha value is -1.31. The zero-order chi connectivity index (χ0) is 11.7. The third-order valence-electron chi connectivity index (χ3n) is 1.44. The lowest BCUT2D eigenvalue weighted by Gasteiger charge is -1.92. The highest BCUT2D eigenvalue weighted by atomic mass is 32.2. The highest BCUT2D eigenvalue weighted by Gasteiger charge is 2.05. The van der Waals surface area contributed by atoms with Gasteiger partial charge in [0.15, 0.2) is 0 Å². The second-order valence-corrected chi connectivity index (χ2v) is 4.16. The molecule has 0 aliphatic rings. The summed E-state index contributed by atoms with van der Waals surface area (Å²) in [4.78, 5) is -0.0741. The van der Waals surface area contributed by atoms with Gasteiger partial charge in [0.05, 0.1) is 4.90 Å². The van der Waals surface area contributed by atoms with Crippen LogP contribution in [0.2, 0.25) is 0 Å². The van der Waals surface area contributed by atoms with Gasteiger partial charge in [-0.2, -0.15) is 8.42 Å². The van der Waals surface area contributed by atoms with Gasteiger partial charge in [0.1, 0.15) is 0 Å². The first kappa shape index (κ1) is 13.7. The van der Waals surface area contributed by atoms with Crippen molar-refractivity contribution in [3.8, 4) is 12.3 Å². The average Bonchev–Trinajstić information content (AvgIpc) is 2.20. The molecule has 1 aromatic carbocycles. The summed E-state index contributed by atoms with van der Waals surface area (Å²) >= 11 is 0. The molecule has 15 heavy (non-hydrogen) atoms. The van der Waals surface area contributed by atoms with Crippen molar-refractivity contribution in [2.24, 2.45) is 0 Å². The minimum absolute atomic E-state index is 0.0741. The van der Waals surface area contributed by atoms with Crippen LogP contribution in [0.4, 0.5) is 0 Å². The molecule has 0 aliphatic carbocycles. The summed E-state index contributed by atoms with van der Waals surface area (Å²) in [6.07, 6.45) is 6.91. The van der Waals surface area contributed by atoms with Crippen LogP contribution in [0, 0.1) is 12.3 Å². The number of unbranched alkanes of at least 4 members (excludes halogenated alkanes) is 1. The normalized spacial score (nSPS) is 9.67. The van der Waals surface area contributed by atoms with Crippen LogP contribution < -0.4 is 0 Å². The molecule has 4 heteroatoms. The lowest BCUT2D eigenvalue weighted by Crippen LogP contribution is -1.96. The molecule has 0 unspecified atom stereocenters. The third kappa shape index (κ3) is 6.72. The van der Waals surface area contributed by atoms with E-state index in [-0.39, 0.29) is 4.90 Å². The lowest BCUT2D eigenvalue weighted by molar-refractivity contribution is 0.483. The Labute approximate surface area is 90.9 Å². The molecule has 0 heterocycles. The first-order valence-corrected chi connectivity index (χ1v) is 5.92. The molecule has 0 aliphatic heterocycles. The van der Waals surface area contributed by atoms with Crippen LogP contribution in [-0.2, 0) is 10.1 Å². The van der Waals surface area contributed by atoms with Crippen LogP contribution in [0.25, 0.3) is 0 Å². The van der Waals surface area contributed by atoms with E-state index in [2.05, 4.69) is 12.8 Å². The minimum Gasteiger partial charge on any atom is -0.282 e. The Bertz CT molecular complexity index is 401. The number of hydrogen-bond acceptors (Lipinski definition) is 2. The van der Waals surface area contributed by atoms with Crippen LogP contribution >= 0.6 is 0 Å². The van der Waals surface area contributed by atoms with E-state index < -0.39 is 10.1 Å². The molecule has 82 valence electrons. The monoisotopic (exact) mass is 226 g/mol. The molecule has 1 N–H and O–H groups in total. The van der Waals surface area contributed by atoms with E-state index in [1.54, 1.807) is 18.2 Å². The lowest BCUT2D eigenvalue weighted by atomic mass is 10.4. The molecule has 0 spiro atoms. The Balaban J connectivity index is 0.000000336. The Morgan fingerprint density at radius 2 is 1.87 bits per heavy atom. The van der Waals surface area contributed by atoms with E-state index in [0.29, 0.717) is 0 Å². The quantitative estimate of drug-likeness (QED) is 0.622. The highest BCUT2D eigenvalue weighted by molar-refractivity contribution is 7.85. The van der Waals surface area contributed by atoms with Crippen molar-refractivity contribution in [2.45, 2.75) is 24.7 Å². The van der Waals surface area contributed by atoms with Crippen molar-refractivity contribution in [3.05, 3.63) is 30.3 Å². The van der Waals surface area contributed by atoms with Gasteiger partial charge in [-0.05, 0) is 18.6 Å². The Morgan fingerprint density at radius 3 is 2.07 bits per heavy atom. The fraction of sp³-hybridized carbons (Fsp3) is 0.273. The molecule has 0 saturated heterocycles. The van der Waals surface area contributed by atoms with Gasteiger partial charge in [-0.25, -0.2) is 0 Å². The summed E-state index contributed by atoms with van der Waals surface area (Å²) in [6.45, 7) is 2.07. The number of hydrogen-bond donors (Lipinski definition) is 1. The third-order valence-corrected chi connectivity index (χ3v) is 2.30. The van der Waals surface area contributed by atoms with E-state index in [0.717, 1.165) is 12.8 Å². The maximum absolute atomic E-state index is 10.4. The molecule has 0 saturated carbocycles. The zero-order valence-corrected chi connectivity index (χ0v) is 9.37. The Kier molecular flexibility index (Phi) is 6.43. The van der Waals surface area contributed by atoms with Crippen LogP contribution in [-0.4, -0.2) is 13.0 Å². The molecule has 0 atom stereocenters.